The predicted octanol–water partition coefficient (Wildman–Crippen LogP) is 1.39. The molecule has 0 saturated carbocycles. The molecule has 1 saturated heterocycles. The molecule has 1 fully saturated rings. The number of rotatable bonds is 3. The van der Waals surface area contributed by atoms with Crippen LogP contribution in [0.2, 0.25) is 0 Å². The van der Waals surface area contributed by atoms with Crippen LogP contribution in [0.3, 0.4) is 0 Å². The van der Waals surface area contributed by atoms with E-state index in [1.54, 1.807) is 32.5 Å². The van der Waals surface area contributed by atoms with Crippen LogP contribution in [0.25, 0.3) is 0 Å². The molecule has 0 radical (unpaired) electrons. The van der Waals surface area contributed by atoms with E-state index in [0.29, 0.717) is 5.75 Å². The Kier molecular flexibility index (Phi) is 5.07. The summed E-state index contributed by atoms with van der Waals surface area (Å²) in [5.74, 6) is 0.289. The third-order valence-electron chi connectivity index (χ3n) is 2.73. The number of carbonyl (C=O) groups is 3. The van der Waals surface area contributed by atoms with Crippen molar-refractivity contribution in [3.8, 4) is 0 Å². The van der Waals surface area contributed by atoms with Gasteiger partial charge in [-0.1, -0.05) is 0 Å². The van der Waals surface area contributed by atoms with Crippen LogP contribution >= 0.6 is 11.8 Å². The van der Waals surface area contributed by atoms with Gasteiger partial charge in [-0.15, -0.1) is 11.8 Å². The van der Waals surface area contributed by atoms with Gasteiger partial charge in [-0.25, -0.2) is 4.79 Å². The van der Waals surface area contributed by atoms with E-state index in [2.05, 4.69) is 5.32 Å². The standard InChI is InChI=1S/C13H22N2O4S/c1-12(2,3)19-11(18)14-6-10(17)15-9(7-16)8-20-13(15,4)5/h7,9H,6,8H2,1-5H3,(H,14,18)/t9-/m1/s1. The molecule has 0 aromatic heterocycles. The maximum Gasteiger partial charge on any atom is 0.408 e. The zero-order chi connectivity index (χ0) is 15.6. The molecule has 6 nitrogen and oxygen atoms in total. The monoisotopic (exact) mass is 302 g/mol. The first-order valence-electron chi connectivity index (χ1n) is 6.45. The number of nitrogens with one attached hydrogen (secondary N) is 1. The lowest BCUT2D eigenvalue weighted by Gasteiger charge is -2.33. The van der Waals surface area contributed by atoms with Gasteiger partial charge in [-0.2, -0.15) is 0 Å². The van der Waals surface area contributed by atoms with Crippen molar-refractivity contribution >= 4 is 30.0 Å². The number of ether oxygens (including phenoxy) is 1. The molecule has 7 heteroatoms. The summed E-state index contributed by atoms with van der Waals surface area (Å²) in [6.45, 7) is 8.83. The number of carbonyl (C=O) groups excluding carboxylic acids is 3. The van der Waals surface area contributed by atoms with Gasteiger partial charge in [-0.3, -0.25) is 4.79 Å². The second kappa shape index (κ2) is 6.03. The predicted molar refractivity (Wildman–Crippen MR) is 77.5 cm³/mol. The van der Waals surface area contributed by atoms with Crippen molar-refractivity contribution < 1.29 is 19.1 Å². The molecule has 1 rings (SSSR count). The van der Waals surface area contributed by atoms with Crippen molar-refractivity contribution in [2.24, 2.45) is 0 Å². The van der Waals surface area contributed by atoms with Gasteiger partial charge in [-0.05, 0) is 34.6 Å². The number of amides is 2. The largest absolute Gasteiger partial charge is 0.444 e. The lowest BCUT2D eigenvalue weighted by molar-refractivity contribution is -0.137. The van der Waals surface area contributed by atoms with Gasteiger partial charge in [0.15, 0.2) is 0 Å². The minimum absolute atomic E-state index is 0.177. The van der Waals surface area contributed by atoms with E-state index in [-0.39, 0.29) is 12.5 Å². The number of aldehydes is 1. The van der Waals surface area contributed by atoms with Crippen molar-refractivity contribution in [3.05, 3.63) is 0 Å². The van der Waals surface area contributed by atoms with E-state index >= 15 is 0 Å². The van der Waals surface area contributed by atoms with Crippen LogP contribution in [-0.4, -0.2) is 52.0 Å². The molecule has 0 aromatic carbocycles. The van der Waals surface area contributed by atoms with Crippen LogP contribution in [0.4, 0.5) is 4.79 Å². The normalized spacial score (nSPS) is 21.4. The average Bonchev–Trinajstić information content (AvgIpc) is 2.59. The van der Waals surface area contributed by atoms with E-state index < -0.39 is 22.6 Å². The van der Waals surface area contributed by atoms with Crippen LogP contribution < -0.4 is 5.32 Å². The van der Waals surface area contributed by atoms with E-state index in [1.807, 2.05) is 13.8 Å². The van der Waals surface area contributed by atoms with E-state index in [9.17, 15) is 14.4 Å². The first-order valence-corrected chi connectivity index (χ1v) is 7.43. The Labute approximate surface area is 123 Å². The maximum atomic E-state index is 12.2. The molecule has 1 aliphatic heterocycles. The van der Waals surface area contributed by atoms with Gasteiger partial charge in [0.25, 0.3) is 0 Å². The third-order valence-corrected chi connectivity index (χ3v) is 4.14. The first kappa shape index (κ1) is 16.8. The Hall–Kier alpha value is -1.24. The first-order chi connectivity index (χ1) is 9.07. The fourth-order valence-electron chi connectivity index (χ4n) is 1.97. The number of hydrogen-bond donors (Lipinski definition) is 1. The Bertz CT molecular complexity index is 404. The molecule has 0 bridgehead atoms. The van der Waals surface area contributed by atoms with Gasteiger partial charge < -0.3 is 19.7 Å². The number of alkyl carbamates (subject to hydrolysis) is 1. The van der Waals surface area contributed by atoms with Gasteiger partial charge in [0, 0.05) is 5.75 Å². The minimum atomic E-state index is -0.641. The molecule has 1 aliphatic rings. The molecule has 0 aromatic rings. The molecule has 0 spiro atoms. The molecule has 1 N–H and O–H groups in total. The van der Waals surface area contributed by atoms with Crippen molar-refractivity contribution in [2.45, 2.75) is 51.1 Å². The SMILES string of the molecule is CC(C)(C)OC(=O)NCC(=O)N1[C@H](C=O)CSC1(C)C. The Morgan fingerprint density at radius 3 is 2.55 bits per heavy atom. The van der Waals surface area contributed by atoms with Crippen LogP contribution in [0.1, 0.15) is 34.6 Å². The molecule has 1 heterocycles. The smallest absolute Gasteiger partial charge is 0.408 e. The minimum Gasteiger partial charge on any atom is -0.444 e. The zero-order valence-corrected chi connectivity index (χ0v) is 13.4. The summed E-state index contributed by atoms with van der Waals surface area (Å²) in [5.41, 5.74) is -0.610. The highest BCUT2D eigenvalue weighted by Gasteiger charge is 2.42. The summed E-state index contributed by atoms with van der Waals surface area (Å²) in [5, 5.41) is 2.42. The highest BCUT2D eigenvalue weighted by Crippen LogP contribution is 2.37. The summed E-state index contributed by atoms with van der Waals surface area (Å²) in [7, 11) is 0. The molecule has 1 atom stereocenters. The summed E-state index contributed by atoms with van der Waals surface area (Å²) in [4.78, 5) is 35.8. The topological polar surface area (TPSA) is 75.7 Å². The highest BCUT2D eigenvalue weighted by atomic mass is 32.2. The molecule has 0 aliphatic carbocycles. The molecule has 20 heavy (non-hydrogen) atoms. The number of nitrogens with zero attached hydrogens (tertiary/aromatic N) is 1. The van der Waals surface area contributed by atoms with Gasteiger partial charge >= 0.3 is 6.09 Å². The van der Waals surface area contributed by atoms with Crippen molar-refractivity contribution in [1.29, 1.82) is 0 Å². The van der Waals surface area contributed by atoms with E-state index in [1.165, 1.54) is 4.90 Å². The Morgan fingerprint density at radius 1 is 1.45 bits per heavy atom. The van der Waals surface area contributed by atoms with E-state index in [4.69, 9.17) is 4.74 Å². The van der Waals surface area contributed by atoms with Crippen molar-refractivity contribution in [3.63, 3.8) is 0 Å². The molecular weight excluding hydrogens is 280 g/mol. The molecule has 0 unspecified atom stereocenters. The number of thioether (sulfide) groups is 1. The summed E-state index contributed by atoms with van der Waals surface area (Å²) in [6.07, 6.45) is 0.130. The fourth-order valence-corrected chi connectivity index (χ4v) is 3.15. The second-order valence-electron chi connectivity index (χ2n) is 6.08. The average molecular weight is 302 g/mol. The van der Waals surface area contributed by atoms with Crippen LogP contribution in [0, 0.1) is 0 Å². The van der Waals surface area contributed by atoms with Gasteiger partial charge in [0.2, 0.25) is 5.91 Å². The van der Waals surface area contributed by atoms with Crippen LogP contribution in [0.5, 0.6) is 0 Å². The zero-order valence-electron chi connectivity index (χ0n) is 12.6. The maximum absolute atomic E-state index is 12.2. The third kappa shape index (κ3) is 4.40. The van der Waals surface area contributed by atoms with Gasteiger partial charge in [0.05, 0.1) is 10.9 Å². The summed E-state index contributed by atoms with van der Waals surface area (Å²) < 4.78 is 5.06. The summed E-state index contributed by atoms with van der Waals surface area (Å²) >= 11 is 1.54. The van der Waals surface area contributed by atoms with Crippen molar-refractivity contribution in [2.75, 3.05) is 12.3 Å². The molecule has 2 amide bonds. The van der Waals surface area contributed by atoms with Gasteiger partial charge in [0.1, 0.15) is 18.4 Å². The number of hydrogen-bond acceptors (Lipinski definition) is 5. The lowest BCUT2D eigenvalue weighted by atomic mass is 10.2. The van der Waals surface area contributed by atoms with Crippen LogP contribution in [0.15, 0.2) is 0 Å². The second-order valence-corrected chi connectivity index (χ2v) is 7.70. The lowest BCUT2D eigenvalue weighted by Crippen LogP contribution is -2.51. The van der Waals surface area contributed by atoms with E-state index in [0.717, 1.165) is 6.29 Å². The Morgan fingerprint density at radius 2 is 2.05 bits per heavy atom. The summed E-state index contributed by atoms with van der Waals surface area (Å²) in [6, 6.07) is -0.442. The quantitative estimate of drug-likeness (QED) is 0.797. The fraction of sp³-hybridized carbons (Fsp3) is 0.769. The molecular formula is C13H22N2O4S. The Balaban J connectivity index is 2.58. The van der Waals surface area contributed by atoms with Crippen molar-refractivity contribution in [1.82, 2.24) is 10.2 Å². The molecule has 114 valence electrons. The van der Waals surface area contributed by atoms with Crippen LogP contribution in [-0.2, 0) is 14.3 Å². The highest BCUT2D eigenvalue weighted by molar-refractivity contribution is 8.00.